The number of carbonyl (C=O) groups is 2. The molecule has 0 heterocycles. The van der Waals surface area contributed by atoms with Gasteiger partial charge in [0.05, 0.1) is 20.6 Å². The highest BCUT2D eigenvalue weighted by atomic mass is 35.5. The predicted octanol–water partition coefficient (Wildman–Crippen LogP) is 7.71. The van der Waals surface area contributed by atoms with Crippen LogP contribution in [-0.4, -0.2) is 43.8 Å². The van der Waals surface area contributed by atoms with Crippen molar-refractivity contribution in [1.29, 1.82) is 0 Å². The Labute approximate surface area is 286 Å². The molecule has 4 rings (SSSR count). The molecule has 4 aromatic carbocycles. The topological polar surface area (TPSA) is 86.8 Å². The summed E-state index contributed by atoms with van der Waals surface area (Å²) >= 11 is 18.6. The molecule has 0 aliphatic rings. The molecule has 242 valence electrons. The molecule has 2 atom stereocenters. The second kappa shape index (κ2) is 15.8. The number of halogens is 3. The first-order valence-electron chi connectivity index (χ1n) is 14.8. The first kappa shape index (κ1) is 35.3. The fourth-order valence-corrected chi connectivity index (χ4v) is 6.61. The van der Waals surface area contributed by atoms with E-state index < -0.39 is 28.5 Å². The van der Waals surface area contributed by atoms with E-state index in [4.69, 9.17) is 34.8 Å². The van der Waals surface area contributed by atoms with Crippen LogP contribution in [0.15, 0.2) is 102 Å². The number of aryl methyl sites for hydroxylation is 1. The molecule has 0 radical (unpaired) electrons. The second-order valence-electron chi connectivity index (χ2n) is 11.1. The van der Waals surface area contributed by atoms with Gasteiger partial charge in [0.15, 0.2) is 0 Å². The molecule has 0 spiro atoms. The number of carbonyl (C=O) groups excluding carboxylic acids is 2. The number of amides is 2. The van der Waals surface area contributed by atoms with Gasteiger partial charge in [-0.1, -0.05) is 102 Å². The van der Waals surface area contributed by atoms with Crippen molar-refractivity contribution in [1.82, 2.24) is 10.2 Å². The van der Waals surface area contributed by atoms with E-state index in [2.05, 4.69) is 5.32 Å². The van der Waals surface area contributed by atoms with E-state index in [-0.39, 0.29) is 45.5 Å². The Morgan fingerprint density at radius 2 is 1.48 bits per heavy atom. The van der Waals surface area contributed by atoms with E-state index >= 15 is 0 Å². The third kappa shape index (κ3) is 9.04. The van der Waals surface area contributed by atoms with E-state index in [1.54, 1.807) is 36.4 Å². The summed E-state index contributed by atoms with van der Waals surface area (Å²) < 4.78 is 29.3. The summed E-state index contributed by atoms with van der Waals surface area (Å²) in [6.07, 6.45) is 0.898. The fraction of sp³-hybridized carbons (Fsp3) is 0.257. The van der Waals surface area contributed by atoms with Crippen molar-refractivity contribution in [3.8, 4) is 0 Å². The number of sulfonamides is 1. The largest absolute Gasteiger partial charge is 0.352 e. The quantitative estimate of drug-likeness (QED) is 0.155. The molecular formula is C35H36Cl3N3O4S. The van der Waals surface area contributed by atoms with Crippen molar-refractivity contribution < 1.29 is 18.0 Å². The predicted molar refractivity (Wildman–Crippen MR) is 186 cm³/mol. The zero-order chi connectivity index (χ0) is 33.4. The minimum absolute atomic E-state index is 0.00317. The second-order valence-corrected chi connectivity index (χ2v) is 14.2. The van der Waals surface area contributed by atoms with E-state index in [0.29, 0.717) is 11.4 Å². The number of hydrogen-bond donors (Lipinski definition) is 1. The monoisotopic (exact) mass is 699 g/mol. The number of benzene rings is 4. The Morgan fingerprint density at radius 3 is 2.09 bits per heavy atom. The molecule has 0 aliphatic carbocycles. The van der Waals surface area contributed by atoms with Crippen LogP contribution in [0, 0.1) is 6.92 Å². The lowest BCUT2D eigenvalue weighted by molar-refractivity contribution is -0.140. The number of nitrogens with zero attached hydrogens (tertiary/aromatic N) is 2. The number of anilines is 1. The molecule has 0 aromatic heterocycles. The maximum atomic E-state index is 14.5. The Kier molecular flexibility index (Phi) is 12.1. The van der Waals surface area contributed by atoms with Gasteiger partial charge < -0.3 is 10.2 Å². The van der Waals surface area contributed by atoms with Gasteiger partial charge in [0.25, 0.3) is 10.0 Å². The molecule has 0 bridgehead atoms. The SMILES string of the molecule is CC[C@H](C)NC(=O)[C@H](Cc1ccccc1)N(Cc1ccc(Cl)cc1)C(=O)CN(c1ccc(Cl)c(Cl)c1)S(=O)(=O)c1ccc(C)cc1. The molecule has 46 heavy (non-hydrogen) atoms. The zero-order valence-corrected chi connectivity index (χ0v) is 28.9. The first-order valence-corrected chi connectivity index (χ1v) is 17.4. The van der Waals surface area contributed by atoms with Gasteiger partial charge in [-0.25, -0.2) is 8.42 Å². The number of nitrogens with one attached hydrogen (secondary N) is 1. The summed E-state index contributed by atoms with van der Waals surface area (Å²) in [6, 6.07) is 25.9. The van der Waals surface area contributed by atoms with Gasteiger partial charge in [-0.05, 0) is 73.9 Å². The van der Waals surface area contributed by atoms with Gasteiger partial charge in [-0.3, -0.25) is 13.9 Å². The summed E-state index contributed by atoms with van der Waals surface area (Å²) in [7, 11) is -4.27. The number of rotatable bonds is 13. The van der Waals surface area contributed by atoms with Crippen molar-refractivity contribution >= 4 is 62.3 Å². The molecule has 0 unspecified atom stereocenters. The third-order valence-corrected chi connectivity index (χ3v) is 10.4. The Hall–Kier alpha value is -3.56. The highest BCUT2D eigenvalue weighted by Gasteiger charge is 2.35. The van der Waals surface area contributed by atoms with Gasteiger partial charge in [0.1, 0.15) is 12.6 Å². The van der Waals surface area contributed by atoms with E-state index in [9.17, 15) is 18.0 Å². The van der Waals surface area contributed by atoms with Crippen molar-refractivity contribution in [2.45, 2.75) is 57.1 Å². The van der Waals surface area contributed by atoms with E-state index in [0.717, 1.165) is 21.0 Å². The number of hydrogen-bond acceptors (Lipinski definition) is 4. The molecule has 1 N–H and O–H groups in total. The molecule has 0 aliphatic heterocycles. The lowest BCUT2D eigenvalue weighted by atomic mass is 10.0. The van der Waals surface area contributed by atoms with Crippen LogP contribution in [0.3, 0.4) is 0 Å². The van der Waals surface area contributed by atoms with Crippen molar-refractivity contribution in [2.24, 2.45) is 0 Å². The molecule has 0 saturated heterocycles. The average molecular weight is 701 g/mol. The Morgan fingerprint density at radius 1 is 0.826 bits per heavy atom. The van der Waals surface area contributed by atoms with Gasteiger partial charge >= 0.3 is 0 Å². The molecule has 2 amide bonds. The fourth-order valence-electron chi connectivity index (χ4n) is 4.79. The normalized spacial score (nSPS) is 12.7. The molecule has 7 nitrogen and oxygen atoms in total. The summed E-state index contributed by atoms with van der Waals surface area (Å²) in [5, 5.41) is 3.91. The first-order chi connectivity index (χ1) is 21.9. The average Bonchev–Trinajstić information content (AvgIpc) is 3.04. The van der Waals surface area contributed by atoms with Crippen LogP contribution >= 0.6 is 34.8 Å². The zero-order valence-electron chi connectivity index (χ0n) is 25.8. The van der Waals surface area contributed by atoms with Crippen LogP contribution in [0.2, 0.25) is 15.1 Å². The van der Waals surface area contributed by atoms with Crippen LogP contribution < -0.4 is 9.62 Å². The lowest BCUT2D eigenvalue weighted by Crippen LogP contribution is -2.54. The van der Waals surface area contributed by atoms with E-state index in [1.807, 2.05) is 51.1 Å². The van der Waals surface area contributed by atoms with Crippen LogP contribution in [-0.2, 0) is 32.6 Å². The van der Waals surface area contributed by atoms with Gasteiger partial charge in [0.2, 0.25) is 11.8 Å². The summed E-state index contributed by atoms with van der Waals surface area (Å²) in [4.78, 5) is 29.9. The smallest absolute Gasteiger partial charge is 0.264 e. The third-order valence-electron chi connectivity index (χ3n) is 7.62. The van der Waals surface area contributed by atoms with Crippen LogP contribution in [0.4, 0.5) is 5.69 Å². The summed E-state index contributed by atoms with van der Waals surface area (Å²) in [5.74, 6) is -0.931. The molecule has 0 fully saturated rings. The standard InChI is InChI=1S/C35H36Cl3N3O4S/c1-4-25(3)39-35(43)33(20-26-8-6-5-7-9-26)40(22-27-12-14-28(36)15-13-27)34(42)23-41(29-16-19-31(37)32(38)21-29)46(44,45)30-17-10-24(2)11-18-30/h5-19,21,25,33H,4,20,22-23H2,1-3H3,(H,39,43)/t25-,33-/m0/s1. The Balaban J connectivity index is 1.82. The van der Waals surface area contributed by atoms with Crippen molar-refractivity contribution in [3.63, 3.8) is 0 Å². The molecular weight excluding hydrogens is 665 g/mol. The summed E-state index contributed by atoms with van der Waals surface area (Å²) in [6.45, 7) is 5.12. The van der Waals surface area contributed by atoms with Crippen LogP contribution in [0.1, 0.15) is 37.0 Å². The van der Waals surface area contributed by atoms with Crippen molar-refractivity contribution in [2.75, 3.05) is 10.8 Å². The maximum absolute atomic E-state index is 14.5. The molecule has 0 saturated carbocycles. The van der Waals surface area contributed by atoms with Gasteiger partial charge in [-0.2, -0.15) is 0 Å². The molecule has 11 heteroatoms. The van der Waals surface area contributed by atoms with Crippen LogP contribution in [0.25, 0.3) is 0 Å². The van der Waals surface area contributed by atoms with Crippen LogP contribution in [0.5, 0.6) is 0 Å². The lowest BCUT2D eigenvalue weighted by Gasteiger charge is -2.34. The highest BCUT2D eigenvalue weighted by Crippen LogP contribution is 2.31. The Bertz CT molecular complexity index is 1750. The van der Waals surface area contributed by atoms with E-state index in [1.165, 1.54) is 35.2 Å². The molecule has 4 aromatic rings. The maximum Gasteiger partial charge on any atom is 0.264 e. The summed E-state index contributed by atoms with van der Waals surface area (Å²) in [5.41, 5.74) is 2.59. The van der Waals surface area contributed by atoms with Crippen molar-refractivity contribution in [3.05, 3.63) is 129 Å². The van der Waals surface area contributed by atoms with Gasteiger partial charge in [0, 0.05) is 24.0 Å². The minimum atomic E-state index is -4.27. The van der Waals surface area contributed by atoms with Gasteiger partial charge in [-0.15, -0.1) is 0 Å². The minimum Gasteiger partial charge on any atom is -0.352 e. The highest BCUT2D eigenvalue weighted by molar-refractivity contribution is 7.92.